The Bertz CT molecular complexity index is 1240. The standard InChI is InChI=1S/C20H13Cl2N3O7/c1-31-20(28)12-4-2-10(18(26)24-15-9-11(21)3-5-13(15)22)8-14(12)23-19(27)16-6-7-17(32-16)25(29)30/h2-9H,1H3,(H,23,27)(H,24,26). The molecule has 2 N–H and O–H groups in total. The molecular weight excluding hydrogens is 465 g/mol. The second-order valence-electron chi connectivity index (χ2n) is 6.18. The van der Waals surface area contributed by atoms with Crippen molar-refractivity contribution >= 4 is 58.2 Å². The normalized spacial score (nSPS) is 10.3. The van der Waals surface area contributed by atoms with E-state index in [9.17, 15) is 24.5 Å². The van der Waals surface area contributed by atoms with Gasteiger partial charge in [-0.3, -0.25) is 19.7 Å². The van der Waals surface area contributed by atoms with Crippen LogP contribution in [0.2, 0.25) is 10.0 Å². The number of nitrogens with zero attached hydrogens (tertiary/aromatic N) is 1. The van der Waals surface area contributed by atoms with Crippen LogP contribution in [0.3, 0.4) is 0 Å². The summed E-state index contributed by atoms with van der Waals surface area (Å²) in [5, 5.41) is 16.3. The van der Waals surface area contributed by atoms with Crippen LogP contribution in [0.5, 0.6) is 0 Å². The van der Waals surface area contributed by atoms with Crippen molar-refractivity contribution in [2.45, 2.75) is 0 Å². The van der Waals surface area contributed by atoms with Crippen molar-refractivity contribution in [1.82, 2.24) is 0 Å². The van der Waals surface area contributed by atoms with Gasteiger partial charge in [0.1, 0.15) is 4.92 Å². The summed E-state index contributed by atoms with van der Waals surface area (Å²) in [4.78, 5) is 47.2. The molecule has 0 aliphatic carbocycles. The van der Waals surface area contributed by atoms with Gasteiger partial charge in [-0.25, -0.2) is 4.79 Å². The van der Waals surface area contributed by atoms with Crippen molar-refractivity contribution < 1.29 is 28.5 Å². The monoisotopic (exact) mass is 477 g/mol. The molecule has 0 bridgehead atoms. The van der Waals surface area contributed by atoms with E-state index in [0.717, 1.165) is 19.2 Å². The van der Waals surface area contributed by atoms with Crippen molar-refractivity contribution in [3.63, 3.8) is 0 Å². The summed E-state index contributed by atoms with van der Waals surface area (Å²) in [7, 11) is 1.14. The molecule has 2 amide bonds. The first-order valence-corrected chi connectivity index (χ1v) is 9.49. The van der Waals surface area contributed by atoms with Crippen molar-refractivity contribution in [2.75, 3.05) is 17.7 Å². The van der Waals surface area contributed by atoms with E-state index < -0.39 is 28.6 Å². The summed E-state index contributed by atoms with van der Waals surface area (Å²) >= 11 is 12.0. The van der Waals surface area contributed by atoms with Crippen LogP contribution in [-0.4, -0.2) is 29.8 Å². The summed E-state index contributed by atoms with van der Waals surface area (Å²) in [6, 6.07) is 10.5. The molecule has 0 unspecified atom stereocenters. The van der Waals surface area contributed by atoms with Gasteiger partial charge in [0, 0.05) is 10.6 Å². The van der Waals surface area contributed by atoms with E-state index in [1.165, 1.54) is 30.3 Å². The maximum atomic E-state index is 12.7. The van der Waals surface area contributed by atoms with Gasteiger partial charge in [-0.05, 0) is 42.5 Å². The molecule has 164 valence electrons. The fourth-order valence-electron chi connectivity index (χ4n) is 2.60. The molecule has 0 spiro atoms. The SMILES string of the molecule is COC(=O)c1ccc(C(=O)Nc2cc(Cl)ccc2Cl)cc1NC(=O)c1ccc([N+](=O)[O-])o1. The maximum Gasteiger partial charge on any atom is 0.433 e. The maximum absolute atomic E-state index is 12.7. The zero-order valence-electron chi connectivity index (χ0n) is 16.2. The quantitative estimate of drug-likeness (QED) is 0.295. The number of rotatable bonds is 6. The second-order valence-corrected chi connectivity index (χ2v) is 7.02. The van der Waals surface area contributed by atoms with Gasteiger partial charge in [-0.2, -0.15) is 0 Å². The van der Waals surface area contributed by atoms with Gasteiger partial charge in [0.05, 0.1) is 35.1 Å². The molecule has 0 radical (unpaired) electrons. The Morgan fingerprint density at radius 2 is 1.69 bits per heavy atom. The number of ether oxygens (including phenoxy) is 1. The van der Waals surface area contributed by atoms with Gasteiger partial charge in [-0.15, -0.1) is 0 Å². The molecule has 3 aromatic rings. The zero-order chi connectivity index (χ0) is 23.4. The fourth-order valence-corrected chi connectivity index (χ4v) is 2.93. The van der Waals surface area contributed by atoms with Crippen LogP contribution in [0.4, 0.5) is 17.3 Å². The Hall–Kier alpha value is -3.89. The topological polar surface area (TPSA) is 141 Å². The largest absolute Gasteiger partial charge is 0.465 e. The lowest BCUT2D eigenvalue weighted by molar-refractivity contribution is -0.402. The predicted octanol–water partition coefficient (Wildman–Crippen LogP) is 4.79. The molecule has 0 saturated heterocycles. The van der Waals surface area contributed by atoms with Crippen molar-refractivity contribution in [3.8, 4) is 0 Å². The highest BCUT2D eigenvalue weighted by Crippen LogP contribution is 2.27. The van der Waals surface area contributed by atoms with Crippen LogP contribution < -0.4 is 10.6 Å². The molecule has 1 heterocycles. The van der Waals surface area contributed by atoms with E-state index in [0.29, 0.717) is 5.02 Å². The minimum atomic E-state index is -0.876. The smallest absolute Gasteiger partial charge is 0.433 e. The first-order chi connectivity index (χ1) is 15.2. The molecule has 0 atom stereocenters. The van der Waals surface area contributed by atoms with E-state index >= 15 is 0 Å². The molecule has 12 heteroatoms. The molecule has 10 nitrogen and oxygen atoms in total. The van der Waals surface area contributed by atoms with Gasteiger partial charge in [-0.1, -0.05) is 23.2 Å². The summed E-state index contributed by atoms with van der Waals surface area (Å²) in [5.41, 5.74) is 0.189. The first kappa shape index (κ1) is 22.8. The number of amides is 2. The molecular formula is C20H13Cl2N3O7. The third kappa shape index (κ3) is 5.05. The number of hydrogen-bond donors (Lipinski definition) is 2. The van der Waals surface area contributed by atoms with E-state index in [-0.39, 0.29) is 33.3 Å². The minimum absolute atomic E-state index is 0.0563. The third-order valence-corrected chi connectivity index (χ3v) is 4.67. The van der Waals surface area contributed by atoms with Gasteiger partial charge >= 0.3 is 11.9 Å². The van der Waals surface area contributed by atoms with Crippen molar-refractivity contribution in [1.29, 1.82) is 0 Å². The molecule has 0 aliphatic heterocycles. The van der Waals surface area contributed by atoms with Crippen LogP contribution in [0.1, 0.15) is 31.3 Å². The minimum Gasteiger partial charge on any atom is -0.465 e. The number of anilines is 2. The number of carbonyl (C=O) groups is 3. The van der Waals surface area contributed by atoms with Gasteiger partial charge in [0.25, 0.3) is 11.8 Å². The van der Waals surface area contributed by atoms with E-state index in [1.54, 1.807) is 6.07 Å². The molecule has 0 saturated carbocycles. The molecule has 2 aromatic carbocycles. The Morgan fingerprint density at radius 1 is 0.969 bits per heavy atom. The molecule has 0 aliphatic rings. The van der Waals surface area contributed by atoms with Crippen LogP contribution in [-0.2, 0) is 4.74 Å². The second kappa shape index (κ2) is 9.50. The molecule has 1 aromatic heterocycles. The summed E-state index contributed by atoms with van der Waals surface area (Å²) in [5.74, 6) is -3.26. The molecule has 3 rings (SSSR count). The number of nitrogens with one attached hydrogen (secondary N) is 2. The molecule has 0 fully saturated rings. The first-order valence-electron chi connectivity index (χ1n) is 8.74. The predicted molar refractivity (Wildman–Crippen MR) is 116 cm³/mol. The average Bonchev–Trinajstić information content (AvgIpc) is 3.26. The number of carbonyl (C=O) groups excluding carboxylic acids is 3. The van der Waals surface area contributed by atoms with E-state index in [1.807, 2.05) is 0 Å². The zero-order valence-corrected chi connectivity index (χ0v) is 17.7. The summed E-state index contributed by atoms with van der Waals surface area (Å²) in [6.45, 7) is 0. The van der Waals surface area contributed by atoms with Gasteiger partial charge in [0.2, 0.25) is 0 Å². The lowest BCUT2D eigenvalue weighted by Gasteiger charge is -2.12. The van der Waals surface area contributed by atoms with Crippen LogP contribution in [0.15, 0.2) is 52.9 Å². The number of esters is 1. The Balaban J connectivity index is 1.91. The number of halogens is 2. The van der Waals surface area contributed by atoms with E-state index in [2.05, 4.69) is 15.4 Å². The van der Waals surface area contributed by atoms with Crippen molar-refractivity contribution in [3.05, 3.63) is 85.6 Å². The highest BCUT2D eigenvalue weighted by atomic mass is 35.5. The lowest BCUT2D eigenvalue weighted by Crippen LogP contribution is -2.17. The highest BCUT2D eigenvalue weighted by Gasteiger charge is 2.21. The average molecular weight is 478 g/mol. The Labute approximate surface area is 190 Å². The lowest BCUT2D eigenvalue weighted by atomic mass is 10.1. The number of nitro groups is 1. The number of benzene rings is 2. The summed E-state index contributed by atoms with van der Waals surface area (Å²) in [6.07, 6.45) is 0. The number of methoxy groups -OCH3 is 1. The van der Waals surface area contributed by atoms with Crippen LogP contribution >= 0.6 is 23.2 Å². The van der Waals surface area contributed by atoms with Gasteiger partial charge < -0.3 is 19.8 Å². The summed E-state index contributed by atoms with van der Waals surface area (Å²) < 4.78 is 9.54. The number of furan rings is 1. The Morgan fingerprint density at radius 3 is 2.34 bits per heavy atom. The van der Waals surface area contributed by atoms with Gasteiger partial charge in [0.15, 0.2) is 5.76 Å². The third-order valence-electron chi connectivity index (χ3n) is 4.11. The van der Waals surface area contributed by atoms with Crippen LogP contribution in [0.25, 0.3) is 0 Å². The Kier molecular flexibility index (Phi) is 6.76. The number of hydrogen-bond acceptors (Lipinski definition) is 7. The highest BCUT2D eigenvalue weighted by molar-refractivity contribution is 6.36. The fraction of sp³-hybridized carbons (Fsp3) is 0.0500. The van der Waals surface area contributed by atoms with Crippen LogP contribution in [0, 0.1) is 10.1 Å². The molecule has 32 heavy (non-hydrogen) atoms. The van der Waals surface area contributed by atoms with Crippen molar-refractivity contribution in [2.24, 2.45) is 0 Å². The van der Waals surface area contributed by atoms with E-state index in [4.69, 9.17) is 27.6 Å².